The fourth-order valence-corrected chi connectivity index (χ4v) is 9.92. The Morgan fingerprint density at radius 3 is 2.04 bits per heavy atom. The van der Waals surface area contributed by atoms with Crippen molar-refractivity contribution in [2.24, 2.45) is 5.41 Å². The van der Waals surface area contributed by atoms with Crippen LogP contribution in [0.1, 0.15) is 122 Å². The molecule has 290 valence electrons. The number of hydrogen-bond acceptors (Lipinski definition) is 8. The van der Waals surface area contributed by atoms with Crippen molar-refractivity contribution in [1.29, 1.82) is 0 Å². The highest BCUT2D eigenvalue weighted by atomic mass is 32.3. The lowest BCUT2D eigenvalue weighted by Crippen LogP contribution is -2.38. The normalized spacial score (nSPS) is 24.8. The van der Waals surface area contributed by atoms with Gasteiger partial charge >= 0.3 is 6.18 Å². The lowest BCUT2D eigenvalue weighted by Gasteiger charge is -2.41. The number of alkyl halides is 6. The molecule has 3 aromatic rings. The second-order valence-corrected chi connectivity index (χ2v) is 18.5. The summed E-state index contributed by atoms with van der Waals surface area (Å²) in [6.45, 7) is 6.07. The van der Waals surface area contributed by atoms with Gasteiger partial charge in [-0.3, -0.25) is 14.1 Å². The standard InChI is InChI=1S/C38H47F6N5O3S/c1-36(2)19-28-31(29(50)20-36)30(23-7-11-37(40,41)12-8-23)32(33(39)24-3-5-26(6-4-24)38(42,43)44)34(47-28)25-9-13-49(14-10-25)35-45-21-27(22-46-35)48-15-17-53(51,52)18-16-48/h3-6,21-23,25,29,33,50-52H,7-20H2,1-2H3/t29-,33-/m0/s1. The number of benzene rings is 1. The van der Waals surface area contributed by atoms with Gasteiger partial charge < -0.3 is 14.9 Å². The van der Waals surface area contributed by atoms with Gasteiger partial charge in [0.2, 0.25) is 11.9 Å². The Morgan fingerprint density at radius 2 is 1.45 bits per heavy atom. The minimum absolute atomic E-state index is 0.0127. The van der Waals surface area contributed by atoms with E-state index in [0.29, 0.717) is 91.8 Å². The van der Waals surface area contributed by atoms with Crippen LogP contribution in [0.25, 0.3) is 0 Å². The van der Waals surface area contributed by atoms with Gasteiger partial charge in [-0.15, -0.1) is 0 Å². The molecule has 2 aliphatic carbocycles. The van der Waals surface area contributed by atoms with Crippen molar-refractivity contribution in [2.45, 2.75) is 101 Å². The molecule has 53 heavy (non-hydrogen) atoms. The molecule has 0 bridgehead atoms. The van der Waals surface area contributed by atoms with E-state index in [-0.39, 0.29) is 48.1 Å². The third-order valence-electron chi connectivity index (χ3n) is 11.6. The van der Waals surface area contributed by atoms with E-state index in [0.717, 1.165) is 30.0 Å². The molecule has 0 radical (unpaired) electrons. The Bertz CT molecular complexity index is 1760. The van der Waals surface area contributed by atoms with Crippen LogP contribution in [0.15, 0.2) is 36.7 Å². The molecule has 7 rings (SSSR count). The summed E-state index contributed by atoms with van der Waals surface area (Å²) >= 11 is 0. The fourth-order valence-electron chi connectivity index (χ4n) is 8.69. The van der Waals surface area contributed by atoms with E-state index in [1.807, 2.05) is 23.6 Å². The third kappa shape index (κ3) is 8.13. The fraction of sp³-hybridized carbons (Fsp3) is 0.605. The van der Waals surface area contributed by atoms with Crippen molar-refractivity contribution in [2.75, 3.05) is 47.5 Å². The molecule has 1 aromatic carbocycles. The van der Waals surface area contributed by atoms with Gasteiger partial charge in [0.05, 0.1) is 46.9 Å². The second-order valence-electron chi connectivity index (χ2n) is 16.1. The third-order valence-corrected chi connectivity index (χ3v) is 13.3. The minimum atomic E-state index is -4.60. The van der Waals surface area contributed by atoms with Crippen molar-refractivity contribution in [3.63, 3.8) is 0 Å². The molecule has 2 aliphatic heterocycles. The van der Waals surface area contributed by atoms with Crippen LogP contribution in [-0.4, -0.2) is 72.8 Å². The number of aliphatic hydroxyl groups is 1. The van der Waals surface area contributed by atoms with Crippen LogP contribution in [-0.2, 0) is 12.6 Å². The van der Waals surface area contributed by atoms with Gasteiger partial charge in [0, 0.05) is 61.8 Å². The van der Waals surface area contributed by atoms with Gasteiger partial charge in [0.1, 0.15) is 0 Å². The second kappa shape index (κ2) is 14.2. The van der Waals surface area contributed by atoms with Crippen molar-refractivity contribution in [3.05, 3.63) is 75.9 Å². The number of aromatic nitrogens is 3. The molecule has 3 fully saturated rings. The molecule has 0 unspecified atom stereocenters. The lowest BCUT2D eigenvalue weighted by atomic mass is 9.68. The van der Waals surface area contributed by atoms with Gasteiger partial charge in [0.25, 0.3) is 0 Å². The number of hydrogen-bond donors (Lipinski definition) is 3. The van der Waals surface area contributed by atoms with E-state index in [1.165, 1.54) is 0 Å². The van der Waals surface area contributed by atoms with E-state index in [1.54, 1.807) is 12.4 Å². The number of halogens is 6. The van der Waals surface area contributed by atoms with Crippen LogP contribution in [0.2, 0.25) is 0 Å². The molecule has 1 saturated carbocycles. The van der Waals surface area contributed by atoms with Crippen molar-refractivity contribution in [3.8, 4) is 0 Å². The van der Waals surface area contributed by atoms with E-state index in [4.69, 9.17) is 4.98 Å². The van der Waals surface area contributed by atoms with Crippen LogP contribution >= 0.6 is 10.6 Å². The highest BCUT2D eigenvalue weighted by Crippen LogP contribution is 2.52. The van der Waals surface area contributed by atoms with Crippen LogP contribution in [0.4, 0.5) is 38.0 Å². The summed E-state index contributed by atoms with van der Waals surface area (Å²) in [5.74, 6) is -2.45. The average Bonchev–Trinajstić information content (AvgIpc) is 3.10. The molecular formula is C38H47F6N5O3S. The van der Waals surface area contributed by atoms with Gasteiger partial charge in [-0.05, 0) is 73.1 Å². The van der Waals surface area contributed by atoms with Crippen LogP contribution in [0.3, 0.4) is 0 Å². The maximum Gasteiger partial charge on any atom is 0.416 e. The SMILES string of the molecule is CC1(C)Cc2nc(C3CCN(c4ncc(N5CCS(O)(O)CC5)cn4)CC3)c([C@@H](F)c3ccc(C(F)(F)F)cc3)c(C3CCC(F)(F)CC3)c2[C@@H](O)C1. The number of anilines is 2. The topological polar surface area (TPSA) is 106 Å². The molecule has 3 N–H and O–H groups in total. The maximum atomic E-state index is 17.3. The van der Waals surface area contributed by atoms with E-state index in [9.17, 15) is 36.2 Å². The van der Waals surface area contributed by atoms with Crippen molar-refractivity contribution >= 4 is 22.2 Å². The van der Waals surface area contributed by atoms with Gasteiger partial charge in [-0.25, -0.2) is 23.1 Å². The minimum Gasteiger partial charge on any atom is -0.388 e. The molecular weight excluding hydrogens is 721 g/mol. The summed E-state index contributed by atoms with van der Waals surface area (Å²) in [5.41, 5.74) is 1.92. The summed E-state index contributed by atoms with van der Waals surface area (Å²) in [6.07, 6.45) is -2.62. The number of pyridine rings is 1. The first-order valence-electron chi connectivity index (χ1n) is 18.4. The summed E-state index contributed by atoms with van der Waals surface area (Å²) in [5, 5.41) is 11.6. The average molecular weight is 768 g/mol. The van der Waals surface area contributed by atoms with Gasteiger partial charge in [-0.1, -0.05) is 26.0 Å². The van der Waals surface area contributed by atoms with Crippen LogP contribution in [0, 0.1) is 5.41 Å². The zero-order valence-corrected chi connectivity index (χ0v) is 30.7. The molecule has 8 nitrogen and oxygen atoms in total. The molecule has 2 atom stereocenters. The first-order chi connectivity index (χ1) is 24.9. The van der Waals surface area contributed by atoms with Gasteiger partial charge in [0.15, 0.2) is 6.17 Å². The smallest absolute Gasteiger partial charge is 0.388 e. The maximum absolute atomic E-state index is 17.3. The monoisotopic (exact) mass is 767 g/mol. The highest BCUT2D eigenvalue weighted by Gasteiger charge is 2.44. The zero-order chi connectivity index (χ0) is 37.9. The van der Waals surface area contributed by atoms with Gasteiger partial charge in [-0.2, -0.15) is 23.8 Å². The Hall–Kier alpha value is -3.14. The molecule has 2 aromatic heterocycles. The molecule has 0 amide bonds. The lowest BCUT2D eigenvalue weighted by molar-refractivity contribution is -0.137. The highest BCUT2D eigenvalue weighted by molar-refractivity contribution is 8.24. The Balaban J connectivity index is 1.23. The zero-order valence-electron chi connectivity index (χ0n) is 29.9. The van der Waals surface area contributed by atoms with E-state index in [2.05, 4.69) is 9.97 Å². The summed E-state index contributed by atoms with van der Waals surface area (Å²) in [6, 6.07) is 3.98. The van der Waals surface area contributed by atoms with Crippen LogP contribution in [0.5, 0.6) is 0 Å². The summed E-state index contributed by atoms with van der Waals surface area (Å²) in [4.78, 5) is 18.4. The quantitative estimate of drug-likeness (QED) is 0.214. The number of nitrogens with zero attached hydrogens (tertiary/aromatic N) is 5. The molecule has 2 saturated heterocycles. The van der Waals surface area contributed by atoms with Crippen molar-refractivity contribution < 1.29 is 40.6 Å². The first-order valence-corrected chi connectivity index (χ1v) is 20.3. The predicted octanol–water partition coefficient (Wildman–Crippen LogP) is 9.20. The number of rotatable bonds is 6. The van der Waals surface area contributed by atoms with E-state index < -0.39 is 46.4 Å². The predicted molar refractivity (Wildman–Crippen MR) is 193 cm³/mol. The van der Waals surface area contributed by atoms with Crippen molar-refractivity contribution in [1.82, 2.24) is 15.0 Å². The van der Waals surface area contributed by atoms with E-state index >= 15 is 4.39 Å². The summed E-state index contributed by atoms with van der Waals surface area (Å²) in [7, 11) is -2.54. The molecule has 0 spiro atoms. The Labute approximate surface area is 307 Å². The number of piperidine rings is 1. The molecule has 4 aliphatic rings. The summed E-state index contributed by atoms with van der Waals surface area (Å²) < 4.78 is 107. The van der Waals surface area contributed by atoms with Crippen LogP contribution < -0.4 is 9.80 Å². The number of aliphatic hydroxyl groups excluding tert-OH is 1. The largest absolute Gasteiger partial charge is 0.416 e. The molecule has 4 heterocycles. The number of fused-ring (bicyclic) bond motifs is 1. The molecule has 15 heteroatoms. The Kier molecular flexibility index (Phi) is 10.2. The first kappa shape index (κ1) is 38.1. The Morgan fingerprint density at radius 1 is 0.849 bits per heavy atom.